The maximum atomic E-state index is 12.4. The Morgan fingerprint density at radius 2 is 1.77 bits per heavy atom. The number of para-hydroxylation sites is 1. The number of rotatable bonds is 7. The van der Waals surface area contributed by atoms with Crippen LogP contribution < -0.4 is 14.2 Å². The Kier molecular flexibility index (Phi) is 5.21. The van der Waals surface area contributed by atoms with E-state index in [0.717, 1.165) is 5.52 Å². The largest absolute Gasteiger partial charge is 0.493 e. The molecule has 0 fully saturated rings. The Bertz CT molecular complexity index is 1170. The van der Waals surface area contributed by atoms with E-state index in [-0.39, 0.29) is 24.1 Å². The van der Waals surface area contributed by atoms with Gasteiger partial charge in [0.25, 0.3) is 5.89 Å². The number of carbonyl (C=O) groups is 1. The van der Waals surface area contributed by atoms with Gasteiger partial charge in [-0.15, -0.1) is 10.2 Å². The van der Waals surface area contributed by atoms with E-state index in [2.05, 4.69) is 20.4 Å². The van der Waals surface area contributed by atoms with E-state index in [0.29, 0.717) is 28.2 Å². The summed E-state index contributed by atoms with van der Waals surface area (Å²) in [7, 11) is 4.54. The van der Waals surface area contributed by atoms with Crippen molar-refractivity contribution < 1.29 is 28.2 Å². The minimum absolute atomic E-state index is 0.131. The molecule has 154 valence electrons. The van der Waals surface area contributed by atoms with Gasteiger partial charge in [0, 0.05) is 10.9 Å². The van der Waals surface area contributed by atoms with Gasteiger partial charge in [0.15, 0.2) is 23.8 Å². The van der Waals surface area contributed by atoms with Crippen LogP contribution in [0.1, 0.15) is 16.4 Å². The maximum Gasteiger partial charge on any atom is 0.359 e. The lowest BCUT2D eigenvalue weighted by Gasteiger charge is -2.12. The van der Waals surface area contributed by atoms with Crippen molar-refractivity contribution in [3.8, 4) is 28.7 Å². The highest BCUT2D eigenvalue weighted by molar-refractivity contribution is 6.01. The summed E-state index contributed by atoms with van der Waals surface area (Å²) in [5, 5.41) is 15.4. The molecule has 2 aromatic carbocycles. The lowest BCUT2D eigenvalue weighted by atomic mass is 10.2. The summed E-state index contributed by atoms with van der Waals surface area (Å²) in [6, 6.07) is 10.6. The van der Waals surface area contributed by atoms with Gasteiger partial charge in [0.05, 0.1) is 26.8 Å². The van der Waals surface area contributed by atoms with Crippen molar-refractivity contribution in [2.45, 2.75) is 6.61 Å². The van der Waals surface area contributed by atoms with Gasteiger partial charge in [0.2, 0.25) is 11.6 Å². The first kappa shape index (κ1) is 19.2. The van der Waals surface area contributed by atoms with Crippen LogP contribution in [0.3, 0.4) is 0 Å². The predicted molar refractivity (Wildman–Crippen MR) is 105 cm³/mol. The summed E-state index contributed by atoms with van der Waals surface area (Å²) in [5.74, 6) is 1.09. The van der Waals surface area contributed by atoms with Crippen LogP contribution in [0.4, 0.5) is 0 Å². The van der Waals surface area contributed by atoms with Gasteiger partial charge in [-0.25, -0.2) is 4.79 Å². The molecule has 4 rings (SSSR count). The Balaban J connectivity index is 1.51. The third kappa shape index (κ3) is 3.50. The smallest absolute Gasteiger partial charge is 0.359 e. The molecule has 10 heteroatoms. The number of carbonyl (C=O) groups excluding carboxylic acids is 1. The van der Waals surface area contributed by atoms with Gasteiger partial charge in [-0.3, -0.25) is 5.10 Å². The molecular weight excluding hydrogens is 392 g/mol. The molecule has 0 saturated heterocycles. The molecule has 0 atom stereocenters. The third-order valence-electron chi connectivity index (χ3n) is 4.37. The average molecular weight is 410 g/mol. The topological polar surface area (TPSA) is 122 Å². The quantitative estimate of drug-likeness (QED) is 0.458. The number of H-pyrrole nitrogens is 1. The van der Waals surface area contributed by atoms with E-state index in [1.165, 1.54) is 21.3 Å². The fraction of sp³-hybridized carbons (Fsp3) is 0.200. The van der Waals surface area contributed by atoms with Crippen molar-refractivity contribution in [1.82, 2.24) is 20.4 Å². The van der Waals surface area contributed by atoms with E-state index in [1.54, 1.807) is 18.2 Å². The average Bonchev–Trinajstić information content (AvgIpc) is 3.43. The molecule has 2 heterocycles. The Morgan fingerprint density at radius 1 is 1.03 bits per heavy atom. The lowest BCUT2D eigenvalue weighted by molar-refractivity contribution is 0.0434. The number of nitrogens with zero attached hydrogens (tertiary/aromatic N) is 3. The van der Waals surface area contributed by atoms with Gasteiger partial charge in [0.1, 0.15) is 0 Å². The van der Waals surface area contributed by atoms with Gasteiger partial charge < -0.3 is 23.4 Å². The molecule has 0 amide bonds. The molecule has 10 nitrogen and oxygen atoms in total. The van der Waals surface area contributed by atoms with Crippen LogP contribution in [0.25, 0.3) is 22.4 Å². The Morgan fingerprint density at radius 3 is 2.47 bits per heavy atom. The fourth-order valence-electron chi connectivity index (χ4n) is 2.95. The number of hydrogen-bond donors (Lipinski definition) is 1. The summed E-state index contributed by atoms with van der Waals surface area (Å²) >= 11 is 0. The zero-order valence-corrected chi connectivity index (χ0v) is 16.5. The normalized spacial score (nSPS) is 10.8. The molecule has 30 heavy (non-hydrogen) atoms. The molecule has 0 aliphatic carbocycles. The summed E-state index contributed by atoms with van der Waals surface area (Å²) in [6.45, 7) is -0.197. The number of methoxy groups -OCH3 is 3. The maximum absolute atomic E-state index is 12.4. The second kappa shape index (κ2) is 8.11. The molecule has 0 aliphatic rings. The van der Waals surface area contributed by atoms with Crippen molar-refractivity contribution in [3.05, 3.63) is 48.0 Å². The number of nitrogens with one attached hydrogen (secondary N) is 1. The van der Waals surface area contributed by atoms with Crippen molar-refractivity contribution >= 4 is 16.9 Å². The molecule has 0 unspecified atom stereocenters. The van der Waals surface area contributed by atoms with Gasteiger partial charge >= 0.3 is 5.97 Å². The van der Waals surface area contributed by atoms with Crippen LogP contribution in [0.5, 0.6) is 17.2 Å². The van der Waals surface area contributed by atoms with Gasteiger partial charge in [-0.1, -0.05) is 18.2 Å². The van der Waals surface area contributed by atoms with Crippen LogP contribution in [0, 0.1) is 0 Å². The lowest BCUT2D eigenvalue weighted by Crippen LogP contribution is -2.06. The second-order valence-electron chi connectivity index (χ2n) is 6.11. The number of hydrogen-bond acceptors (Lipinski definition) is 9. The van der Waals surface area contributed by atoms with E-state index in [9.17, 15) is 4.79 Å². The molecule has 4 aromatic rings. The number of esters is 1. The highest BCUT2D eigenvalue weighted by Crippen LogP contribution is 2.40. The van der Waals surface area contributed by atoms with Gasteiger partial charge in [-0.2, -0.15) is 5.10 Å². The highest BCUT2D eigenvalue weighted by Gasteiger charge is 2.19. The molecule has 2 aromatic heterocycles. The van der Waals surface area contributed by atoms with Crippen LogP contribution in [0.15, 0.2) is 40.8 Å². The van der Waals surface area contributed by atoms with E-state index in [1.807, 2.05) is 18.2 Å². The SMILES string of the molecule is COc1cc(-c2nnc(COC(=O)c3n[nH]c4ccccc34)o2)cc(OC)c1OC. The molecule has 0 saturated carbocycles. The predicted octanol–water partition coefficient (Wildman–Crippen LogP) is 3.00. The van der Waals surface area contributed by atoms with Crippen LogP contribution in [0.2, 0.25) is 0 Å². The molecule has 1 N–H and O–H groups in total. The van der Waals surface area contributed by atoms with Crippen molar-refractivity contribution in [1.29, 1.82) is 0 Å². The molecule has 0 spiro atoms. The first-order valence-electron chi connectivity index (χ1n) is 8.87. The Labute approximate surface area is 170 Å². The summed E-state index contributed by atoms with van der Waals surface area (Å²) in [4.78, 5) is 12.4. The molecule has 0 radical (unpaired) electrons. The Hall–Kier alpha value is -4.08. The van der Waals surface area contributed by atoms with E-state index < -0.39 is 5.97 Å². The number of benzene rings is 2. The first-order valence-corrected chi connectivity index (χ1v) is 8.87. The highest BCUT2D eigenvalue weighted by atomic mass is 16.5. The zero-order chi connectivity index (χ0) is 21.1. The standard InChI is InChI=1S/C20H18N4O6/c1-26-14-8-11(9-15(27-2)18(14)28-3)19-24-22-16(30-19)10-29-20(25)17-12-6-4-5-7-13(12)21-23-17/h4-9H,10H2,1-3H3,(H,21,23). The molecule has 0 bridgehead atoms. The number of fused-ring (bicyclic) bond motifs is 1. The molecule has 0 aliphatic heterocycles. The summed E-state index contributed by atoms with van der Waals surface area (Å²) in [5.41, 5.74) is 1.50. The second-order valence-corrected chi connectivity index (χ2v) is 6.11. The fourth-order valence-corrected chi connectivity index (χ4v) is 2.95. The molecular formula is C20H18N4O6. The van der Waals surface area contributed by atoms with Gasteiger partial charge in [-0.05, 0) is 18.2 Å². The van der Waals surface area contributed by atoms with E-state index in [4.69, 9.17) is 23.4 Å². The van der Waals surface area contributed by atoms with Crippen molar-refractivity contribution in [2.24, 2.45) is 0 Å². The van der Waals surface area contributed by atoms with E-state index >= 15 is 0 Å². The minimum atomic E-state index is -0.597. The third-order valence-corrected chi connectivity index (χ3v) is 4.37. The number of aromatic nitrogens is 4. The summed E-state index contributed by atoms with van der Waals surface area (Å²) in [6.07, 6.45) is 0. The van der Waals surface area contributed by atoms with Crippen molar-refractivity contribution in [3.63, 3.8) is 0 Å². The first-order chi connectivity index (χ1) is 14.6. The number of ether oxygens (including phenoxy) is 4. The monoisotopic (exact) mass is 410 g/mol. The number of aromatic amines is 1. The van der Waals surface area contributed by atoms with Crippen LogP contribution in [-0.2, 0) is 11.3 Å². The van der Waals surface area contributed by atoms with Crippen molar-refractivity contribution in [2.75, 3.05) is 21.3 Å². The zero-order valence-electron chi connectivity index (χ0n) is 16.5. The van der Waals surface area contributed by atoms with Crippen LogP contribution in [-0.4, -0.2) is 47.7 Å². The summed E-state index contributed by atoms with van der Waals surface area (Å²) < 4.78 is 26.8. The van der Waals surface area contributed by atoms with Crippen LogP contribution >= 0.6 is 0 Å². The minimum Gasteiger partial charge on any atom is -0.493 e.